The second-order valence-electron chi connectivity index (χ2n) is 4.16. The topological polar surface area (TPSA) is 56.7 Å². The van der Waals surface area contributed by atoms with Gasteiger partial charge < -0.3 is 9.09 Å². The highest BCUT2D eigenvalue weighted by Crippen LogP contribution is 2.25. The molecule has 0 aliphatic carbocycles. The lowest BCUT2D eigenvalue weighted by Crippen LogP contribution is -2.06. The Morgan fingerprint density at radius 1 is 1.47 bits per heavy atom. The molecule has 3 aromatic rings. The first-order chi connectivity index (χ1) is 9.15. The van der Waals surface area contributed by atoms with Crippen LogP contribution in [0.1, 0.15) is 23.8 Å². The van der Waals surface area contributed by atoms with E-state index in [0.717, 1.165) is 22.7 Å². The Morgan fingerprint density at radius 3 is 3.00 bits per heavy atom. The summed E-state index contributed by atoms with van der Waals surface area (Å²) in [6, 6.07) is 3.57. The van der Waals surface area contributed by atoms with Gasteiger partial charge in [0.1, 0.15) is 23.3 Å². The smallest absolute Gasteiger partial charge is 0.160 e. The van der Waals surface area contributed by atoms with Crippen LogP contribution in [0.15, 0.2) is 29.1 Å². The quantitative estimate of drug-likeness (QED) is 0.695. The SMILES string of the molecule is CC(Cl)c1nc2cc(Cl)cnc2n1Cc1ccon1. The van der Waals surface area contributed by atoms with E-state index in [0.29, 0.717) is 11.6 Å². The van der Waals surface area contributed by atoms with Crippen LogP contribution in [0.2, 0.25) is 5.02 Å². The molecule has 0 radical (unpaired) electrons. The monoisotopic (exact) mass is 296 g/mol. The molecule has 0 bridgehead atoms. The predicted molar refractivity (Wildman–Crippen MR) is 72.4 cm³/mol. The van der Waals surface area contributed by atoms with E-state index in [1.807, 2.05) is 11.5 Å². The second-order valence-corrected chi connectivity index (χ2v) is 5.25. The van der Waals surface area contributed by atoms with Crippen molar-refractivity contribution >= 4 is 34.4 Å². The number of alkyl halides is 1. The summed E-state index contributed by atoms with van der Waals surface area (Å²) in [4.78, 5) is 8.80. The molecule has 3 rings (SSSR count). The van der Waals surface area contributed by atoms with Gasteiger partial charge in [0, 0.05) is 12.3 Å². The number of nitrogens with zero attached hydrogens (tertiary/aromatic N) is 4. The second kappa shape index (κ2) is 4.83. The van der Waals surface area contributed by atoms with Gasteiger partial charge in [-0.05, 0) is 13.0 Å². The average molecular weight is 297 g/mol. The largest absolute Gasteiger partial charge is 0.364 e. The van der Waals surface area contributed by atoms with Crippen LogP contribution in [0.4, 0.5) is 0 Å². The molecule has 0 saturated carbocycles. The zero-order chi connectivity index (χ0) is 13.4. The first-order valence-corrected chi connectivity index (χ1v) is 6.51. The molecule has 0 aliphatic heterocycles. The third-order valence-corrected chi connectivity index (χ3v) is 3.15. The maximum absolute atomic E-state index is 6.17. The normalized spacial score (nSPS) is 13.0. The summed E-state index contributed by atoms with van der Waals surface area (Å²) < 4.78 is 6.75. The molecule has 5 nitrogen and oxygen atoms in total. The lowest BCUT2D eigenvalue weighted by atomic mass is 10.4. The van der Waals surface area contributed by atoms with Crippen molar-refractivity contribution in [2.45, 2.75) is 18.8 Å². The lowest BCUT2D eigenvalue weighted by Gasteiger charge is -2.07. The van der Waals surface area contributed by atoms with Crippen molar-refractivity contribution in [2.24, 2.45) is 0 Å². The molecule has 0 saturated heterocycles. The molecule has 0 amide bonds. The summed E-state index contributed by atoms with van der Waals surface area (Å²) in [5.41, 5.74) is 2.24. The zero-order valence-corrected chi connectivity index (χ0v) is 11.6. The Bertz CT molecular complexity index is 706. The van der Waals surface area contributed by atoms with Gasteiger partial charge in [-0.3, -0.25) is 0 Å². The van der Waals surface area contributed by atoms with Crippen LogP contribution in [0.3, 0.4) is 0 Å². The molecular formula is C12H10Cl2N4O. The third-order valence-electron chi connectivity index (χ3n) is 2.75. The number of pyridine rings is 1. The van der Waals surface area contributed by atoms with Gasteiger partial charge >= 0.3 is 0 Å². The average Bonchev–Trinajstić information content (AvgIpc) is 2.97. The maximum atomic E-state index is 6.17. The van der Waals surface area contributed by atoms with Crippen LogP contribution in [-0.2, 0) is 6.54 Å². The van der Waals surface area contributed by atoms with Crippen molar-refractivity contribution in [3.05, 3.63) is 41.1 Å². The van der Waals surface area contributed by atoms with Crippen molar-refractivity contribution in [1.82, 2.24) is 19.7 Å². The van der Waals surface area contributed by atoms with Crippen molar-refractivity contribution in [2.75, 3.05) is 0 Å². The van der Waals surface area contributed by atoms with Crippen molar-refractivity contribution in [3.8, 4) is 0 Å². The van der Waals surface area contributed by atoms with E-state index in [2.05, 4.69) is 15.1 Å². The predicted octanol–water partition coefficient (Wildman–Crippen LogP) is 3.42. The number of rotatable bonds is 3. The van der Waals surface area contributed by atoms with Crippen LogP contribution in [0.5, 0.6) is 0 Å². The van der Waals surface area contributed by atoms with E-state index >= 15 is 0 Å². The van der Waals surface area contributed by atoms with Crippen LogP contribution in [0, 0.1) is 0 Å². The minimum absolute atomic E-state index is 0.236. The van der Waals surface area contributed by atoms with E-state index < -0.39 is 0 Å². The van der Waals surface area contributed by atoms with E-state index in [4.69, 9.17) is 27.7 Å². The van der Waals surface area contributed by atoms with Gasteiger partial charge in [-0.25, -0.2) is 9.97 Å². The lowest BCUT2D eigenvalue weighted by molar-refractivity contribution is 0.409. The molecule has 0 spiro atoms. The Labute approximate surface area is 119 Å². The molecule has 0 aromatic carbocycles. The fourth-order valence-electron chi connectivity index (χ4n) is 1.94. The molecule has 0 fully saturated rings. The Hall–Kier alpha value is -1.59. The molecular weight excluding hydrogens is 287 g/mol. The molecule has 0 aliphatic rings. The summed E-state index contributed by atoms with van der Waals surface area (Å²) >= 11 is 12.1. The summed E-state index contributed by atoms with van der Waals surface area (Å²) in [5.74, 6) is 0.731. The molecule has 1 atom stereocenters. The molecule has 1 unspecified atom stereocenters. The fourth-order valence-corrected chi connectivity index (χ4v) is 2.26. The van der Waals surface area contributed by atoms with Gasteiger partial charge in [0.25, 0.3) is 0 Å². The molecule has 19 heavy (non-hydrogen) atoms. The molecule has 3 heterocycles. The standard InChI is InChI=1S/C12H10Cl2N4O/c1-7(13)11-16-10-4-8(14)5-15-12(10)18(11)6-9-2-3-19-17-9/h2-5,7H,6H2,1H3. The summed E-state index contributed by atoms with van der Waals surface area (Å²) in [6.45, 7) is 2.37. The van der Waals surface area contributed by atoms with Crippen LogP contribution in [0.25, 0.3) is 11.2 Å². The molecule has 7 heteroatoms. The number of hydrogen-bond acceptors (Lipinski definition) is 4. The van der Waals surface area contributed by atoms with Crippen LogP contribution >= 0.6 is 23.2 Å². The molecule has 98 valence electrons. The van der Waals surface area contributed by atoms with E-state index in [1.165, 1.54) is 6.26 Å². The van der Waals surface area contributed by atoms with Gasteiger partial charge in [-0.15, -0.1) is 11.6 Å². The first-order valence-electron chi connectivity index (χ1n) is 5.70. The van der Waals surface area contributed by atoms with Crippen molar-refractivity contribution in [3.63, 3.8) is 0 Å². The Balaban J connectivity index is 2.16. The molecule has 0 N–H and O–H groups in total. The number of aromatic nitrogens is 4. The first kappa shape index (κ1) is 12.4. The maximum Gasteiger partial charge on any atom is 0.160 e. The Kier molecular flexibility index (Phi) is 3.16. The van der Waals surface area contributed by atoms with E-state index in [9.17, 15) is 0 Å². The minimum Gasteiger partial charge on any atom is -0.364 e. The minimum atomic E-state index is -0.236. The fraction of sp³-hybridized carbons (Fsp3) is 0.250. The summed E-state index contributed by atoms with van der Waals surface area (Å²) in [5, 5.41) is 4.21. The third kappa shape index (κ3) is 2.31. The highest BCUT2D eigenvalue weighted by atomic mass is 35.5. The van der Waals surface area contributed by atoms with Gasteiger partial charge in [0.2, 0.25) is 0 Å². The summed E-state index contributed by atoms with van der Waals surface area (Å²) in [6.07, 6.45) is 3.12. The zero-order valence-electron chi connectivity index (χ0n) is 10.0. The van der Waals surface area contributed by atoms with E-state index in [-0.39, 0.29) is 5.38 Å². The summed E-state index contributed by atoms with van der Waals surface area (Å²) in [7, 11) is 0. The number of hydrogen-bond donors (Lipinski definition) is 0. The highest BCUT2D eigenvalue weighted by molar-refractivity contribution is 6.31. The number of halogens is 2. The van der Waals surface area contributed by atoms with E-state index in [1.54, 1.807) is 18.3 Å². The molecule has 3 aromatic heterocycles. The van der Waals surface area contributed by atoms with Gasteiger partial charge in [0.05, 0.1) is 16.9 Å². The Morgan fingerprint density at radius 2 is 2.32 bits per heavy atom. The number of imidazole rings is 1. The highest BCUT2D eigenvalue weighted by Gasteiger charge is 2.17. The van der Waals surface area contributed by atoms with Crippen LogP contribution < -0.4 is 0 Å². The van der Waals surface area contributed by atoms with Gasteiger partial charge in [0.15, 0.2) is 5.65 Å². The van der Waals surface area contributed by atoms with Gasteiger partial charge in [-0.1, -0.05) is 16.8 Å². The van der Waals surface area contributed by atoms with Crippen molar-refractivity contribution < 1.29 is 4.52 Å². The van der Waals surface area contributed by atoms with Crippen molar-refractivity contribution in [1.29, 1.82) is 0 Å². The van der Waals surface area contributed by atoms with Gasteiger partial charge in [-0.2, -0.15) is 0 Å². The number of fused-ring (bicyclic) bond motifs is 1. The van der Waals surface area contributed by atoms with Crippen LogP contribution in [-0.4, -0.2) is 19.7 Å².